The molecule has 0 aliphatic heterocycles. The fourth-order valence-corrected chi connectivity index (χ4v) is 2.25. The van der Waals surface area contributed by atoms with Gasteiger partial charge < -0.3 is 14.5 Å². The normalized spacial score (nSPS) is 10.4. The van der Waals surface area contributed by atoms with Crippen molar-refractivity contribution in [3.8, 4) is 0 Å². The third-order valence-corrected chi connectivity index (χ3v) is 3.46. The molecular formula is C18H13NO5. The van der Waals surface area contributed by atoms with E-state index in [0.717, 1.165) is 0 Å². The summed E-state index contributed by atoms with van der Waals surface area (Å²) in [7, 11) is 1.29. The van der Waals surface area contributed by atoms with Gasteiger partial charge in [-0.1, -0.05) is 18.2 Å². The van der Waals surface area contributed by atoms with Crippen molar-refractivity contribution in [2.24, 2.45) is 0 Å². The summed E-state index contributed by atoms with van der Waals surface area (Å²) in [6.45, 7) is 0. The van der Waals surface area contributed by atoms with Crippen LogP contribution in [0, 0.1) is 0 Å². The van der Waals surface area contributed by atoms with Gasteiger partial charge in [-0.2, -0.15) is 0 Å². The zero-order chi connectivity index (χ0) is 17.1. The lowest BCUT2D eigenvalue weighted by Gasteiger charge is -2.06. The van der Waals surface area contributed by atoms with Gasteiger partial charge in [0.15, 0.2) is 5.76 Å². The van der Waals surface area contributed by atoms with Gasteiger partial charge in [0.1, 0.15) is 0 Å². The molecule has 0 aliphatic carbocycles. The van der Waals surface area contributed by atoms with Crippen LogP contribution in [0.2, 0.25) is 0 Å². The highest BCUT2D eigenvalue weighted by Gasteiger charge is 2.13. The largest absolute Gasteiger partial charge is 0.465 e. The Bertz CT molecular complexity index is 973. The molecule has 1 heterocycles. The molecule has 1 amide bonds. The van der Waals surface area contributed by atoms with Crippen LogP contribution >= 0.6 is 0 Å². The minimum absolute atomic E-state index is 0.0873. The van der Waals surface area contributed by atoms with E-state index in [0.29, 0.717) is 22.0 Å². The van der Waals surface area contributed by atoms with Gasteiger partial charge in [-0.25, -0.2) is 9.59 Å². The molecule has 2 aromatic carbocycles. The molecule has 0 atom stereocenters. The number of amides is 1. The Kier molecular flexibility index (Phi) is 4.11. The lowest BCUT2D eigenvalue weighted by molar-refractivity contribution is 0.0600. The molecule has 3 aromatic rings. The maximum absolute atomic E-state index is 12.2. The third-order valence-electron chi connectivity index (χ3n) is 3.46. The van der Waals surface area contributed by atoms with E-state index in [-0.39, 0.29) is 5.76 Å². The second-order valence-electron chi connectivity index (χ2n) is 5.01. The van der Waals surface area contributed by atoms with Crippen molar-refractivity contribution >= 4 is 28.3 Å². The maximum atomic E-state index is 12.2. The molecule has 24 heavy (non-hydrogen) atoms. The lowest BCUT2D eigenvalue weighted by atomic mass is 10.1. The van der Waals surface area contributed by atoms with E-state index in [1.165, 1.54) is 25.3 Å². The molecule has 0 aliphatic rings. The molecule has 0 saturated heterocycles. The summed E-state index contributed by atoms with van der Waals surface area (Å²) < 4.78 is 9.67. The van der Waals surface area contributed by atoms with Crippen molar-refractivity contribution in [3.63, 3.8) is 0 Å². The van der Waals surface area contributed by atoms with Crippen LogP contribution in [0.5, 0.6) is 0 Å². The number of esters is 1. The van der Waals surface area contributed by atoms with Gasteiger partial charge in [-0.3, -0.25) is 4.79 Å². The molecule has 1 aromatic heterocycles. The van der Waals surface area contributed by atoms with Gasteiger partial charge in [0, 0.05) is 5.69 Å². The van der Waals surface area contributed by atoms with E-state index in [2.05, 4.69) is 10.1 Å². The van der Waals surface area contributed by atoms with Crippen molar-refractivity contribution in [2.75, 3.05) is 12.4 Å². The topological polar surface area (TPSA) is 85.6 Å². The minimum atomic E-state index is -0.570. The highest BCUT2D eigenvalue weighted by Crippen LogP contribution is 2.15. The fourth-order valence-electron chi connectivity index (χ4n) is 2.25. The number of nitrogens with one attached hydrogen (secondary N) is 1. The molecule has 0 saturated carbocycles. The van der Waals surface area contributed by atoms with E-state index in [1.54, 1.807) is 36.4 Å². The summed E-state index contributed by atoms with van der Waals surface area (Å²) in [5, 5.41) is 3.65. The summed E-state index contributed by atoms with van der Waals surface area (Å²) in [5.74, 6) is -1.10. The Morgan fingerprint density at radius 3 is 2.46 bits per heavy atom. The molecule has 0 fully saturated rings. The smallest absolute Gasteiger partial charge is 0.344 e. The monoisotopic (exact) mass is 323 g/mol. The van der Waals surface area contributed by atoms with Crippen molar-refractivity contribution in [2.45, 2.75) is 0 Å². The van der Waals surface area contributed by atoms with E-state index in [4.69, 9.17) is 4.42 Å². The first-order chi connectivity index (χ1) is 11.6. The maximum Gasteiger partial charge on any atom is 0.344 e. The number of hydrogen-bond acceptors (Lipinski definition) is 5. The molecule has 6 heteroatoms. The number of hydrogen-bond donors (Lipinski definition) is 1. The van der Waals surface area contributed by atoms with Gasteiger partial charge in [0.25, 0.3) is 5.91 Å². The first kappa shape index (κ1) is 15.5. The summed E-state index contributed by atoms with van der Waals surface area (Å²) in [6, 6.07) is 14.5. The van der Waals surface area contributed by atoms with Crippen molar-refractivity contribution < 1.29 is 18.7 Å². The Morgan fingerprint density at radius 2 is 1.75 bits per heavy atom. The van der Waals surface area contributed by atoms with Crippen LogP contribution in [0.4, 0.5) is 5.69 Å². The summed E-state index contributed by atoms with van der Waals surface area (Å²) >= 11 is 0. The molecule has 0 spiro atoms. The fraction of sp³-hybridized carbons (Fsp3) is 0.0556. The van der Waals surface area contributed by atoms with E-state index >= 15 is 0 Å². The van der Waals surface area contributed by atoms with Crippen LogP contribution in [-0.2, 0) is 4.74 Å². The average Bonchev–Trinajstić information content (AvgIpc) is 2.61. The van der Waals surface area contributed by atoms with E-state index in [9.17, 15) is 14.4 Å². The zero-order valence-electron chi connectivity index (χ0n) is 12.7. The molecular weight excluding hydrogens is 310 g/mol. The SMILES string of the molecule is COC(=O)c1ccc(NC(=O)c2cc3ccccc3c(=O)o2)cc1. The van der Waals surface area contributed by atoms with Crippen LogP contribution in [0.3, 0.4) is 0 Å². The number of rotatable bonds is 3. The number of benzene rings is 2. The molecule has 0 radical (unpaired) electrons. The quantitative estimate of drug-likeness (QED) is 0.749. The van der Waals surface area contributed by atoms with Crippen LogP contribution < -0.4 is 10.9 Å². The summed E-state index contributed by atoms with van der Waals surface area (Å²) in [5.41, 5.74) is 0.260. The number of ether oxygens (including phenoxy) is 1. The standard InChI is InChI=1S/C18H13NO5/c1-23-17(21)11-6-8-13(9-7-11)19-16(20)15-10-12-4-2-3-5-14(12)18(22)24-15/h2-10H,1H3,(H,19,20). The van der Waals surface area contributed by atoms with Gasteiger partial charge in [0.05, 0.1) is 18.1 Å². The van der Waals surface area contributed by atoms with E-state index in [1.807, 2.05) is 0 Å². The number of fused-ring (bicyclic) bond motifs is 1. The van der Waals surface area contributed by atoms with Crippen molar-refractivity contribution in [1.82, 2.24) is 0 Å². The first-order valence-electron chi connectivity index (χ1n) is 7.11. The zero-order valence-corrected chi connectivity index (χ0v) is 12.7. The molecule has 1 N–H and O–H groups in total. The average molecular weight is 323 g/mol. The molecule has 6 nitrogen and oxygen atoms in total. The van der Waals surface area contributed by atoms with Gasteiger partial charge >= 0.3 is 11.6 Å². The van der Waals surface area contributed by atoms with Crippen LogP contribution in [-0.4, -0.2) is 19.0 Å². The number of anilines is 1. The van der Waals surface area contributed by atoms with Gasteiger partial charge in [0.2, 0.25) is 0 Å². The summed E-state index contributed by atoms with van der Waals surface area (Å²) in [6.07, 6.45) is 0. The van der Waals surface area contributed by atoms with Crippen LogP contribution in [0.15, 0.2) is 63.8 Å². The third kappa shape index (κ3) is 3.03. The van der Waals surface area contributed by atoms with Crippen LogP contribution in [0.1, 0.15) is 20.9 Å². The van der Waals surface area contributed by atoms with Crippen LogP contribution in [0.25, 0.3) is 10.8 Å². The number of carbonyl (C=O) groups excluding carboxylic acids is 2. The molecule has 0 unspecified atom stereocenters. The first-order valence-corrected chi connectivity index (χ1v) is 7.11. The highest BCUT2D eigenvalue weighted by atomic mass is 16.5. The predicted molar refractivity (Wildman–Crippen MR) is 88.2 cm³/mol. The second-order valence-corrected chi connectivity index (χ2v) is 5.01. The van der Waals surface area contributed by atoms with Crippen molar-refractivity contribution in [3.05, 3.63) is 76.3 Å². The Labute approximate surface area is 136 Å². The summed E-state index contributed by atoms with van der Waals surface area (Å²) in [4.78, 5) is 35.5. The molecule has 3 rings (SSSR count). The Hall–Kier alpha value is -3.41. The lowest BCUT2D eigenvalue weighted by Crippen LogP contribution is -2.15. The van der Waals surface area contributed by atoms with Gasteiger partial charge in [-0.05, 0) is 41.8 Å². The predicted octanol–water partition coefficient (Wildman–Crippen LogP) is 2.83. The molecule has 120 valence electrons. The van der Waals surface area contributed by atoms with Gasteiger partial charge in [-0.15, -0.1) is 0 Å². The minimum Gasteiger partial charge on any atom is -0.465 e. The number of carbonyl (C=O) groups is 2. The number of methoxy groups -OCH3 is 1. The highest BCUT2D eigenvalue weighted by molar-refractivity contribution is 6.04. The Morgan fingerprint density at radius 1 is 1.04 bits per heavy atom. The van der Waals surface area contributed by atoms with E-state index < -0.39 is 17.5 Å². The molecule has 0 bridgehead atoms. The Balaban J connectivity index is 1.85. The second kappa shape index (κ2) is 6.37. The van der Waals surface area contributed by atoms with Crippen molar-refractivity contribution in [1.29, 1.82) is 0 Å².